The molecule has 0 fully saturated rings. The molecule has 0 aliphatic heterocycles. The molecule has 0 spiro atoms. The summed E-state index contributed by atoms with van der Waals surface area (Å²) in [7, 11) is 0. The first-order valence-corrected chi connectivity index (χ1v) is 11.9. The van der Waals surface area contributed by atoms with E-state index in [2.05, 4.69) is 102 Å². The summed E-state index contributed by atoms with van der Waals surface area (Å²) in [6, 6.07) is 45.1. The molecule has 7 aromatic rings. The molecule has 2 nitrogen and oxygen atoms in total. The first-order chi connectivity index (χ1) is 17.4. The molecule has 0 aliphatic rings. The summed E-state index contributed by atoms with van der Waals surface area (Å²) in [5, 5.41) is 7.46. The van der Waals surface area contributed by atoms with Crippen LogP contribution in [-0.4, -0.2) is 10.8 Å². The van der Waals surface area contributed by atoms with Crippen LogP contribution in [0.25, 0.3) is 49.0 Å². The van der Waals surface area contributed by atoms with Crippen molar-refractivity contribution in [3.63, 3.8) is 0 Å². The number of aromatic nitrogens is 1. The second-order valence-corrected chi connectivity index (χ2v) is 8.88. The second-order valence-electron chi connectivity index (χ2n) is 8.88. The molecule has 0 N–H and O–H groups in total. The number of rotatable bonds is 3. The Bertz CT molecular complexity index is 1890. The van der Waals surface area contributed by atoms with Crippen LogP contribution in [0.4, 0.5) is 5.69 Å². The van der Waals surface area contributed by atoms with Crippen molar-refractivity contribution in [3.05, 3.63) is 133 Å². The van der Waals surface area contributed by atoms with Gasteiger partial charge in [0.1, 0.15) is 0 Å². The monoisotopic (exact) mass is 446 g/mol. The highest BCUT2D eigenvalue weighted by Crippen LogP contribution is 2.37. The number of hydrogen-bond donors (Lipinski definition) is 0. The van der Waals surface area contributed by atoms with Gasteiger partial charge in [0.15, 0.2) is 0 Å². The Morgan fingerprint density at radius 3 is 1.97 bits per heavy atom. The summed E-state index contributed by atoms with van der Waals surface area (Å²) in [6.45, 7) is 0. The third kappa shape index (κ3) is 3.23. The molecule has 1 heterocycles. The van der Waals surface area contributed by atoms with Crippen LogP contribution in [0.5, 0.6) is 0 Å². The van der Waals surface area contributed by atoms with Gasteiger partial charge in [-0.15, -0.1) is 0 Å². The lowest BCUT2D eigenvalue weighted by atomic mass is 10.0. The molecule has 6 aromatic carbocycles. The van der Waals surface area contributed by atoms with Crippen LogP contribution >= 0.6 is 0 Å². The largest absolute Gasteiger partial charge is 0.309 e. The minimum atomic E-state index is 0.954. The van der Waals surface area contributed by atoms with Gasteiger partial charge in [-0.05, 0) is 52.6 Å². The zero-order chi connectivity index (χ0) is 23.2. The maximum Gasteiger partial charge on any atom is 0.0629 e. The lowest BCUT2D eigenvalue weighted by Gasteiger charge is -2.13. The predicted octanol–water partition coefficient (Wildman–Crippen LogP) is 8.84. The topological polar surface area (TPSA) is 17.3 Å². The maximum atomic E-state index is 4.72. The van der Waals surface area contributed by atoms with E-state index in [1.165, 1.54) is 49.0 Å². The Morgan fingerprint density at radius 2 is 1.14 bits per heavy atom. The molecule has 0 unspecified atom stereocenters. The van der Waals surface area contributed by atoms with Crippen LogP contribution < -0.4 is 0 Å². The summed E-state index contributed by atoms with van der Waals surface area (Å²) < 4.78 is 2.41. The van der Waals surface area contributed by atoms with Gasteiger partial charge in [0.05, 0.1) is 22.4 Å². The highest BCUT2D eigenvalue weighted by atomic mass is 15.0. The average molecular weight is 447 g/mol. The molecular weight excluding hydrogens is 424 g/mol. The van der Waals surface area contributed by atoms with Gasteiger partial charge in [0.25, 0.3) is 0 Å². The van der Waals surface area contributed by atoms with Gasteiger partial charge >= 0.3 is 0 Å². The lowest BCUT2D eigenvalue weighted by Crippen LogP contribution is -1.97. The summed E-state index contributed by atoms with van der Waals surface area (Å²) in [5.41, 5.74) is 5.68. The quantitative estimate of drug-likeness (QED) is 0.241. The molecule has 0 radical (unpaired) electrons. The lowest BCUT2D eigenvalue weighted by molar-refractivity contribution is 1.20. The minimum absolute atomic E-state index is 0.954. The maximum absolute atomic E-state index is 4.72. The Morgan fingerprint density at radius 1 is 0.486 bits per heavy atom. The van der Waals surface area contributed by atoms with Gasteiger partial charge in [0.2, 0.25) is 0 Å². The van der Waals surface area contributed by atoms with E-state index >= 15 is 0 Å². The number of fused-ring (bicyclic) bond motifs is 5. The summed E-state index contributed by atoms with van der Waals surface area (Å²) >= 11 is 0. The summed E-state index contributed by atoms with van der Waals surface area (Å²) in [5.74, 6) is 0. The van der Waals surface area contributed by atoms with Crippen LogP contribution in [0.3, 0.4) is 0 Å². The number of benzene rings is 6. The van der Waals surface area contributed by atoms with Crippen LogP contribution in [0.2, 0.25) is 0 Å². The van der Waals surface area contributed by atoms with Crippen molar-refractivity contribution in [1.82, 2.24) is 4.57 Å². The number of aliphatic imine (C=N–C) groups is 1. The fraction of sp³-hybridized carbons (Fsp3) is 0. The Kier molecular flexibility index (Phi) is 4.49. The van der Waals surface area contributed by atoms with Crippen LogP contribution in [-0.2, 0) is 0 Å². The molecule has 0 saturated heterocycles. The van der Waals surface area contributed by atoms with Crippen molar-refractivity contribution in [2.24, 2.45) is 4.99 Å². The van der Waals surface area contributed by atoms with Crippen LogP contribution in [0.1, 0.15) is 5.56 Å². The molecule has 0 saturated carbocycles. The zero-order valence-electron chi connectivity index (χ0n) is 19.1. The average Bonchev–Trinajstić information content (AvgIpc) is 3.24. The molecule has 7 rings (SSSR count). The SMILES string of the molecule is C(=Nc1ccccc1)c1ccc(-n2c3ccccc3c3cc4ccccc4cc32)c2ccccc12. The van der Waals surface area contributed by atoms with E-state index in [0.717, 1.165) is 11.3 Å². The summed E-state index contributed by atoms with van der Waals surface area (Å²) in [4.78, 5) is 4.72. The fourth-order valence-corrected chi connectivity index (χ4v) is 5.19. The van der Waals surface area contributed by atoms with Crippen molar-refractivity contribution in [2.75, 3.05) is 0 Å². The van der Waals surface area contributed by atoms with Crippen LogP contribution in [0.15, 0.2) is 132 Å². The highest BCUT2D eigenvalue weighted by molar-refractivity contribution is 6.15. The van der Waals surface area contributed by atoms with Gasteiger partial charge in [0, 0.05) is 27.9 Å². The molecule has 0 aliphatic carbocycles. The Hall–Kier alpha value is -4.69. The number of para-hydroxylation sites is 2. The van der Waals surface area contributed by atoms with Crippen molar-refractivity contribution >= 4 is 55.3 Å². The summed E-state index contributed by atoms with van der Waals surface area (Å²) in [6.07, 6.45) is 1.97. The number of hydrogen-bond acceptors (Lipinski definition) is 1. The van der Waals surface area contributed by atoms with Crippen LogP contribution in [0, 0.1) is 0 Å². The standard InChI is InChI=1S/C33H22N2/c1-2-12-26(13-3-1)34-22-25-18-19-32(28-15-7-6-14-27(25)28)35-31-17-9-8-16-29(31)30-20-23-10-4-5-11-24(23)21-33(30)35/h1-22H. The third-order valence-corrected chi connectivity index (χ3v) is 6.82. The van der Waals surface area contributed by atoms with Crippen molar-refractivity contribution < 1.29 is 0 Å². The third-order valence-electron chi connectivity index (χ3n) is 6.82. The van der Waals surface area contributed by atoms with E-state index in [0.29, 0.717) is 0 Å². The van der Waals surface area contributed by atoms with Gasteiger partial charge in [-0.3, -0.25) is 4.99 Å². The molecule has 35 heavy (non-hydrogen) atoms. The van der Waals surface area contributed by atoms with E-state index in [-0.39, 0.29) is 0 Å². The fourth-order valence-electron chi connectivity index (χ4n) is 5.19. The molecule has 0 atom stereocenters. The molecule has 0 amide bonds. The van der Waals surface area contributed by atoms with E-state index in [4.69, 9.17) is 4.99 Å². The van der Waals surface area contributed by atoms with Gasteiger partial charge < -0.3 is 4.57 Å². The molecule has 1 aromatic heterocycles. The smallest absolute Gasteiger partial charge is 0.0629 e. The second kappa shape index (κ2) is 7.96. The van der Waals surface area contributed by atoms with E-state index < -0.39 is 0 Å². The molecule has 2 heteroatoms. The van der Waals surface area contributed by atoms with Gasteiger partial charge in [-0.2, -0.15) is 0 Å². The van der Waals surface area contributed by atoms with Gasteiger partial charge in [-0.25, -0.2) is 0 Å². The zero-order valence-corrected chi connectivity index (χ0v) is 19.1. The normalized spacial score (nSPS) is 11.9. The number of nitrogens with zero attached hydrogens (tertiary/aromatic N) is 2. The predicted molar refractivity (Wildman–Crippen MR) is 149 cm³/mol. The molecule has 164 valence electrons. The first kappa shape index (κ1) is 19.7. The van der Waals surface area contributed by atoms with Crippen molar-refractivity contribution in [1.29, 1.82) is 0 Å². The minimum Gasteiger partial charge on any atom is -0.309 e. The van der Waals surface area contributed by atoms with Gasteiger partial charge in [-0.1, -0.05) is 91.0 Å². The van der Waals surface area contributed by atoms with E-state index in [9.17, 15) is 0 Å². The van der Waals surface area contributed by atoms with E-state index in [1.807, 2.05) is 36.5 Å². The van der Waals surface area contributed by atoms with E-state index in [1.54, 1.807) is 0 Å². The van der Waals surface area contributed by atoms with Crippen molar-refractivity contribution in [2.45, 2.75) is 0 Å². The Labute approximate surface area is 203 Å². The Balaban J connectivity index is 1.52. The molecule has 0 bridgehead atoms. The highest BCUT2D eigenvalue weighted by Gasteiger charge is 2.15. The first-order valence-electron chi connectivity index (χ1n) is 11.9. The van der Waals surface area contributed by atoms with Crippen molar-refractivity contribution in [3.8, 4) is 5.69 Å². The molecular formula is C33H22N2.